The predicted octanol–water partition coefficient (Wildman–Crippen LogP) is 1.00. The van der Waals surface area contributed by atoms with Crippen molar-refractivity contribution in [2.75, 3.05) is 0 Å². The van der Waals surface area contributed by atoms with Crippen LogP contribution in [0.2, 0.25) is 0 Å². The average molecular weight is 129 g/mol. The van der Waals surface area contributed by atoms with Gasteiger partial charge in [-0.3, -0.25) is 0 Å². The molecule has 1 heterocycles. The van der Waals surface area contributed by atoms with Gasteiger partial charge in [-0.05, 0) is 0 Å². The maximum absolute atomic E-state index is 10.1. The van der Waals surface area contributed by atoms with Crippen molar-refractivity contribution in [2.24, 2.45) is 7.05 Å². The fourth-order valence-corrected chi connectivity index (χ4v) is 0.369. The molecular weight excluding hydrogens is 118 g/mol. The molecule has 0 saturated carbocycles. The molecule has 3 nitrogen and oxygen atoms in total. The molecule has 0 radical (unpaired) electrons. The third kappa shape index (κ3) is 2.74. The maximum atomic E-state index is 10.1. The molecule has 0 atom stereocenters. The molecule has 0 aromatic carbocycles. The zero-order valence-electron chi connectivity index (χ0n) is 5.92. The molecule has 9 heavy (non-hydrogen) atoms. The maximum Gasteiger partial charge on any atom is 0.357 e. The molecule has 3 heteroatoms. The average Bonchev–Trinajstić information content (AvgIpc) is 2.20. The lowest BCUT2D eigenvalue weighted by atomic mass is 10.7. The molecule has 0 saturated heterocycles. The first-order valence-corrected chi connectivity index (χ1v) is 2.92. The van der Waals surface area contributed by atoms with Crippen molar-refractivity contribution < 1.29 is 4.52 Å². The summed E-state index contributed by atoms with van der Waals surface area (Å²) < 4.78 is 5.79. The van der Waals surface area contributed by atoms with Crippen molar-refractivity contribution in [2.45, 2.75) is 13.8 Å². The first-order valence-electron chi connectivity index (χ1n) is 2.92. The second-order valence-corrected chi connectivity index (χ2v) is 1.27. The summed E-state index contributed by atoms with van der Waals surface area (Å²) in [5, 5.41) is 0. The van der Waals surface area contributed by atoms with Crippen molar-refractivity contribution >= 4 is 0 Å². The quantitative estimate of drug-likeness (QED) is 0.524. The molecule has 1 aromatic rings. The third-order valence-electron chi connectivity index (χ3n) is 0.655. The van der Waals surface area contributed by atoms with Gasteiger partial charge in [0, 0.05) is 19.3 Å². The molecular formula is C6H11NO2. The monoisotopic (exact) mass is 129 g/mol. The Morgan fingerprint density at radius 1 is 1.56 bits per heavy atom. The Bertz CT molecular complexity index is 199. The van der Waals surface area contributed by atoms with Crippen LogP contribution in [0, 0.1) is 0 Å². The van der Waals surface area contributed by atoms with Crippen LogP contribution in [-0.2, 0) is 7.05 Å². The first-order chi connectivity index (χ1) is 4.29. The van der Waals surface area contributed by atoms with Crippen molar-refractivity contribution in [1.29, 1.82) is 0 Å². The van der Waals surface area contributed by atoms with Crippen molar-refractivity contribution in [3.05, 3.63) is 22.7 Å². The van der Waals surface area contributed by atoms with Gasteiger partial charge in [0.15, 0.2) is 0 Å². The smallest absolute Gasteiger partial charge is 0.337 e. The fraction of sp³-hybridized carbons (Fsp3) is 0.500. The van der Waals surface area contributed by atoms with Gasteiger partial charge >= 0.3 is 5.63 Å². The van der Waals surface area contributed by atoms with Gasteiger partial charge in [0.05, 0.1) is 0 Å². The lowest BCUT2D eigenvalue weighted by Crippen LogP contribution is -1.88. The highest BCUT2D eigenvalue weighted by Crippen LogP contribution is 1.71. The predicted molar refractivity (Wildman–Crippen MR) is 35.3 cm³/mol. The molecule has 0 aliphatic rings. The molecule has 0 aliphatic heterocycles. The van der Waals surface area contributed by atoms with Crippen molar-refractivity contribution in [1.82, 2.24) is 4.74 Å². The number of hydrogen-bond acceptors (Lipinski definition) is 2. The highest BCUT2D eigenvalue weighted by Gasteiger charge is 1.82. The minimum atomic E-state index is -0.303. The topological polar surface area (TPSA) is 35.1 Å². The summed E-state index contributed by atoms with van der Waals surface area (Å²) in [7, 11) is 1.65. The van der Waals surface area contributed by atoms with Crippen molar-refractivity contribution in [3.8, 4) is 0 Å². The van der Waals surface area contributed by atoms with Crippen LogP contribution in [0.4, 0.5) is 0 Å². The van der Waals surface area contributed by atoms with E-state index >= 15 is 0 Å². The number of aromatic nitrogens is 1. The SMILES string of the molecule is CC.Cn1ccc(=O)o1. The molecule has 0 fully saturated rings. The van der Waals surface area contributed by atoms with E-state index in [1.54, 1.807) is 13.2 Å². The Morgan fingerprint density at radius 3 is 2.22 bits per heavy atom. The van der Waals surface area contributed by atoms with Gasteiger partial charge in [-0.15, -0.1) is 0 Å². The van der Waals surface area contributed by atoms with Crippen LogP contribution in [0.25, 0.3) is 0 Å². The zero-order chi connectivity index (χ0) is 7.28. The molecule has 52 valence electrons. The Hall–Kier alpha value is -0.990. The second-order valence-electron chi connectivity index (χ2n) is 1.27. The Morgan fingerprint density at radius 2 is 2.11 bits per heavy atom. The minimum Gasteiger partial charge on any atom is -0.337 e. The van der Waals surface area contributed by atoms with Gasteiger partial charge in [-0.2, -0.15) is 0 Å². The Labute approximate surface area is 53.9 Å². The summed E-state index contributed by atoms with van der Waals surface area (Å²) in [5.74, 6) is 0. The molecule has 0 N–H and O–H groups in total. The largest absolute Gasteiger partial charge is 0.357 e. The summed E-state index contributed by atoms with van der Waals surface area (Å²) in [6, 6.07) is 1.36. The lowest BCUT2D eigenvalue weighted by Gasteiger charge is -1.77. The van der Waals surface area contributed by atoms with E-state index < -0.39 is 0 Å². The fourth-order valence-electron chi connectivity index (χ4n) is 0.369. The highest BCUT2D eigenvalue weighted by molar-refractivity contribution is 4.73. The summed E-state index contributed by atoms with van der Waals surface area (Å²) in [4.78, 5) is 10.1. The van der Waals surface area contributed by atoms with E-state index in [-0.39, 0.29) is 5.63 Å². The molecule has 1 rings (SSSR count). The normalized spacial score (nSPS) is 7.89. The van der Waals surface area contributed by atoms with Gasteiger partial charge < -0.3 is 4.52 Å². The molecule has 0 aliphatic carbocycles. The highest BCUT2D eigenvalue weighted by atomic mass is 16.5. The zero-order valence-corrected chi connectivity index (χ0v) is 5.92. The molecule has 0 amide bonds. The summed E-state index contributed by atoms with van der Waals surface area (Å²) in [6.45, 7) is 4.00. The number of rotatable bonds is 0. The van der Waals surface area contributed by atoms with Crippen LogP contribution >= 0.6 is 0 Å². The first kappa shape index (κ1) is 8.01. The third-order valence-corrected chi connectivity index (χ3v) is 0.655. The van der Waals surface area contributed by atoms with Gasteiger partial charge in [0.25, 0.3) is 0 Å². The summed E-state index contributed by atoms with van der Waals surface area (Å²) in [5.41, 5.74) is -0.303. The minimum absolute atomic E-state index is 0.303. The molecule has 0 spiro atoms. The van der Waals surface area contributed by atoms with Crippen LogP contribution in [0.5, 0.6) is 0 Å². The van der Waals surface area contributed by atoms with Crippen LogP contribution in [0.3, 0.4) is 0 Å². The van der Waals surface area contributed by atoms with Gasteiger partial charge in [-0.25, -0.2) is 9.53 Å². The Kier molecular flexibility index (Phi) is 3.51. The lowest BCUT2D eigenvalue weighted by molar-refractivity contribution is 0.285. The van der Waals surface area contributed by atoms with Crippen molar-refractivity contribution in [3.63, 3.8) is 0 Å². The number of aryl methyl sites for hydroxylation is 1. The standard InChI is InChI=1S/C4H5NO2.C2H6/c1-5-3-2-4(6)7-5;1-2/h2-3H,1H3;1-2H3. The Balaban J connectivity index is 0.000000291. The second kappa shape index (κ2) is 3.95. The molecule has 0 bridgehead atoms. The van der Waals surface area contributed by atoms with Gasteiger partial charge in [0.1, 0.15) is 0 Å². The van der Waals surface area contributed by atoms with E-state index in [0.717, 1.165) is 0 Å². The number of hydrogen-bond donors (Lipinski definition) is 0. The van der Waals surface area contributed by atoms with E-state index in [4.69, 9.17) is 0 Å². The van der Waals surface area contributed by atoms with Gasteiger partial charge in [-0.1, -0.05) is 13.8 Å². The molecule has 0 unspecified atom stereocenters. The van der Waals surface area contributed by atoms with Crippen LogP contribution < -0.4 is 5.63 Å². The van der Waals surface area contributed by atoms with E-state index in [0.29, 0.717) is 0 Å². The van der Waals surface area contributed by atoms with E-state index in [1.165, 1.54) is 10.8 Å². The van der Waals surface area contributed by atoms with E-state index in [9.17, 15) is 4.79 Å². The van der Waals surface area contributed by atoms with Crippen LogP contribution in [-0.4, -0.2) is 4.74 Å². The summed E-state index contributed by atoms with van der Waals surface area (Å²) >= 11 is 0. The van der Waals surface area contributed by atoms with Crippen LogP contribution in [0.1, 0.15) is 13.8 Å². The number of nitrogens with zero attached hydrogens (tertiary/aromatic N) is 1. The van der Waals surface area contributed by atoms with E-state index in [2.05, 4.69) is 4.52 Å². The molecule has 1 aromatic heterocycles. The van der Waals surface area contributed by atoms with Crippen LogP contribution in [0.15, 0.2) is 21.6 Å². The summed E-state index contributed by atoms with van der Waals surface area (Å²) in [6.07, 6.45) is 1.56. The van der Waals surface area contributed by atoms with E-state index in [1.807, 2.05) is 13.8 Å². The van der Waals surface area contributed by atoms with Gasteiger partial charge in [0.2, 0.25) is 0 Å².